The maximum absolute atomic E-state index is 11.9. The SMILES string of the molecule is N#C/C(=C/NCCOCCO)C(=O)N(CCO)CCO. The summed E-state index contributed by atoms with van der Waals surface area (Å²) in [5.74, 6) is -0.556. The van der Waals surface area contributed by atoms with Crippen molar-refractivity contribution in [3.63, 3.8) is 0 Å². The number of nitrogens with zero attached hydrogens (tertiary/aromatic N) is 2. The van der Waals surface area contributed by atoms with E-state index in [0.29, 0.717) is 13.2 Å². The lowest BCUT2D eigenvalue weighted by atomic mass is 10.2. The summed E-state index contributed by atoms with van der Waals surface area (Å²) >= 11 is 0. The maximum atomic E-state index is 11.9. The smallest absolute Gasteiger partial charge is 0.266 e. The third-order valence-corrected chi connectivity index (χ3v) is 2.25. The minimum atomic E-state index is -0.556. The summed E-state index contributed by atoms with van der Waals surface area (Å²) in [4.78, 5) is 13.1. The van der Waals surface area contributed by atoms with Crippen LogP contribution >= 0.6 is 0 Å². The first-order valence-corrected chi connectivity index (χ1v) is 6.24. The molecule has 0 aromatic rings. The first-order chi connectivity index (χ1) is 9.71. The van der Waals surface area contributed by atoms with E-state index in [1.807, 2.05) is 0 Å². The molecule has 0 heterocycles. The van der Waals surface area contributed by atoms with Gasteiger partial charge in [0.05, 0.1) is 33.0 Å². The zero-order valence-electron chi connectivity index (χ0n) is 11.3. The number of aliphatic hydroxyl groups is 3. The lowest BCUT2D eigenvalue weighted by Gasteiger charge is -2.20. The van der Waals surface area contributed by atoms with Crippen LogP contribution in [0.25, 0.3) is 0 Å². The van der Waals surface area contributed by atoms with E-state index in [2.05, 4.69) is 5.32 Å². The predicted octanol–water partition coefficient (Wildman–Crippen LogP) is -2.19. The van der Waals surface area contributed by atoms with E-state index >= 15 is 0 Å². The molecule has 0 rings (SSSR count). The average Bonchev–Trinajstić information content (AvgIpc) is 2.46. The van der Waals surface area contributed by atoms with Gasteiger partial charge in [0, 0.05) is 25.8 Å². The van der Waals surface area contributed by atoms with Gasteiger partial charge in [0.1, 0.15) is 11.6 Å². The number of nitriles is 1. The minimum absolute atomic E-state index is 0.0536. The zero-order valence-corrected chi connectivity index (χ0v) is 11.3. The summed E-state index contributed by atoms with van der Waals surface area (Å²) in [6.07, 6.45) is 1.27. The van der Waals surface area contributed by atoms with Crippen molar-refractivity contribution >= 4 is 5.91 Å². The molecule has 114 valence electrons. The van der Waals surface area contributed by atoms with Crippen LogP contribution in [0, 0.1) is 11.3 Å². The van der Waals surface area contributed by atoms with Gasteiger partial charge in [-0.15, -0.1) is 0 Å². The van der Waals surface area contributed by atoms with E-state index in [9.17, 15) is 4.79 Å². The number of carbonyl (C=O) groups is 1. The molecule has 0 saturated heterocycles. The molecule has 4 N–H and O–H groups in total. The molecule has 0 fully saturated rings. The van der Waals surface area contributed by atoms with Crippen LogP contribution in [0.4, 0.5) is 0 Å². The summed E-state index contributed by atoms with van der Waals surface area (Å²) in [5, 5.41) is 37.8. The van der Waals surface area contributed by atoms with E-state index in [1.54, 1.807) is 6.07 Å². The van der Waals surface area contributed by atoms with Gasteiger partial charge < -0.3 is 30.3 Å². The number of rotatable bonds is 11. The van der Waals surface area contributed by atoms with Crippen LogP contribution in [-0.2, 0) is 9.53 Å². The standard InChI is InChI=1S/C12H21N3O5/c13-9-11(10-14-1-7-20-8-6-18)12(19)15(2-4-16)3-5-17/h10,14,16-18H,1-8H2/b11-10-. The summed E-state index contributed by atoms with van der Waals surface area (Å²) < 4.78 is 5.00. The first-order valence-electron chi connectivity index (χ1n) is 6.24. The number of ether oxygens (including phenoxy) is 1. The molecule has 20 heavy (non-hydrogen) atoms. The van der Waals surface area contributed by atoms with Crippen molar-refractivity contribution in [2.24, 2.45) is 0 Å². The molecular formula is C12H21N3O5. The van der Waals surface area contributed by atoms with Crippen molar-refractivity contribution in [3.05, 3.63) is 11.8 Å². The van der Waals surface area contributed by atoms with Crippen LogP contribution in [0.3, 0.4) is 0 Å². The number of aliphatic hydroxyl groups excluding tert-OH is 3. The number of nitrogens with one attached hydrogen (secondary N) is 1. The second-order valence-corrected chi connectivity index (χ2v) is 3.70. The van der Waals surface area contributed by atoms with Crippen molar-refractivity contribution in [2.75, 3.05) is 52.7 Å². The van der Waals surface area contributed by atoms with Gasteiger partial charge in [0.15, 0.2) is 0 Å². The maximum Gasteiger partial charge on any atom is 0.266 e. The molecule has 0 atom stereocenters. The number of carbonyl (C=O) groups excluding carboxylic acids is 1. The Morgan fingerprint density at radius 3 is 2.35 bits per heavy atom. The summed E-state index contributed by atoms with van der Waals surface area (Å²) in [6.45, 7) is 0.514. The second-order valence-electron chi connectivity index (χ2n) is 3.70. The van der Waals surface area contributed by atoms with Crippen molar-refractivity contribution < 1.29 is 24.9 Å². The van der Waals surface area contributed by atoms with E-state index in [1.165, 1.54) is 11.1 Å². The number of amides is 1. The van der Waals surface area contributed by atoms with Gasteiger partial charge in [-0.05, 0) is 0 Å². The first kappa shape index (κ1) is 18.3. The number of hydrogen-bond donors (Lipinski definition) is 4. The highest BCUT2D eigenvalue weighted by atomic mass is 16.5. The molecule has 8 nitrogen and oxygen atoms in total. The number of hydrogen-bond acceptors (Lipinski definition) is 7. The van der Waals surface area contributed by atoms with Gasteiger partial charge in [-0.3, -0.25) is 4.79 Å². The Morgan fingerprint density at radius 2 is 1.85 bits per heavy atom. The highest BCUT2D eigenvalue weighted by molar-refractivity contribution is 5.97. The quantitative estimate of drug-likeness (QED) is 0.193. The average molecular weight is 287 g/mol. The Morgan fingerprint density at radius 1 is 1.20 bits per heavy atom. The largest absolute Gasteiger partial charge is 0.395 e. The normalized spacial score (nSPS) is 11.0. The van der Waals surface area contributed by atoms with Gasteiger partial charge in [-0.2, -0.15) is 5.26 Å². The van der Waals surface area contributed by atoms with Crippen LogP contribution < -0.4 is 5.32 Å². The fourth-order valence-corrected chi connectivity index (χ4v) is 1.34. The summed E-state index contributed by atoms with van der Waals surface area (Å²) in [6, 6.07) is 1.76. The Balaban J connectivity index is 4.33. The fourth-order valence-electron chi connectivity index (χ4n) is 1.34. The second kappa shape index (κ2) is 12.4. The van der Waals surface area contributed by atoms with Crippen LogP contribution in [0.1, 0.15) is 0 Å². The Bertz CT molecular complexity index is 334. The van der Waals surface area contributed by atoms with Crippen molar-refractivity contribution in [3.8, 4) is 6.07 Å². The molecule has 8 heteroatoms. The van der Waals surface area contributed by atoms with Crippen LogP contribution in [-0.4, -0.2) is 78.8 Å². The molecule has 0 aliphatic carbocycles. The predicted molar refractivity (Wildman–Crippen MR) is 70.4 cm³/mol. The molecule has 0 aromatic heterocycles. The molecular weight excluding hydrogens is 266 g/mol. The fraction of sp³-hybridized carbons (Fsp3) is 0.667. The molecule has 0 aliphatic heterocycles. The van der Waals surface area contributed by atoms with Crippen LogP contribution in [0.15, 0.2) is 11.8 Å². The van der Waals surface area contributed by atoms with Gasteiger partial charge >= 0.3 is 0 Å². The van der Waals surface area contributed by atoms with E-state index in [-0.39, 0.29) is 45.1 Å². The van der Waals surface area contributed by atoms with Crippen molar-refractivity contribution in [2.45, 2.75) is 0 Å². The molecule has 0 radical (unpaired) electrons. The molecule has 1 amide bonds. The van der Waals surface area contributed by atoms with Gasteiger partial charge in [-0.1, -0.05) is 0 Å². The molecule has 0 bridgehead atoms. The lowest BCUT2D eigenvalue weighted by molar-refractivity contribution is -0.127. The van der Waals surface area contributed by atoms with E-state index < -0.39 is 5.91 Å². The summed E-state index contributed by atoms with van der Waals surface area (Å²) in [7, 11) is 0. The molecule has 0 saturated carbocycles. The van der Waals surface area contributed by atoms with Gasteiger partial charge in [0.2, 0.25) is 0 Å². The molecule has 0 spiro atoms. The highest BCUT2D eigenvalue weighted by Crippen LogP contribution is 2.00. The topological polar surface area (TPSA) is 126 Å². The minimum Gasteiger partial charge on any atom is -0.395 e. The zero-order chi connectivity index (χ0) is 15.2. The van der Waals surface area contributed by atoms with Crippen molar-refractivity contribution in [1.82, 2.24) is 10.2 Å². The van der Waals surface area contributed by atoms with E-state index in [0.717, 1.165) is 0 Å². The lowest BCUT2D eigenvalue weighted by Crippen LogP contribution is -2.37. The molecule has 0 aromatic carbocycles. The Kier molecular flexibility index (Phi) is 11.4. The summed E-state index contributed by atoms with van der Waals surface area (Å²) in [5.41, 5.74) is -0.117. The van der Waals surface area contributed by atoms with E-state index in [4.69, 9.17) is 25.3 Å². The van der Waals surface area contributed by atoms with Crippen LogP contribution in [0.5, 0.6) is 0 Å². The molecule has 0 unspecified atom stereocenters. The van der Waals surface area contributed by atoms with Crippen LogP contribution in [0.2, 0.25) is 0 Å². The third-order valence-electron chi connectivity index (χ3n) is 2.25. The Labute approximate surface area is 117 Å². The molecule has 0 aliphatic rings. The van der Waals surface area contributed by atoms with Gasteiger partial charge in [-0.25, -0.2) is 0 Å². The highest BCUT2D eigenvalue weighted by Gasteiger charge is 2.17. The van der Waals surface area contributed by atoms with Gasteiger partial charge in [0.25, 0.3) is 5.91 Å². The Hall–Kier alpha value is -1.66. The third kappa shape index (κ3) is 7.70. The van der Waals surface area contributed by atoms with Crippen molar-refractivity contribution in [1.29, 1.82) is 5.26 Å². The monoisotopic (exact) mass is 287 g/mol.